The monoisotopic (exact) mass is 878 g/mol. The Morgan fingerprint density at radius 2 is 1.53 bits per heavy atom. The summed E-state index contributed by atoms with van der Waals surface area (Å²) in [4.78, 5) is 59.1. The lowest BCUT2D eigenvalue weighted by Gasteiger charge is -2.29. The Hall–Kier alpha value is -2.44. The van der Waals surface area contributed by atoms with Gasteiger partial charge >= 0.3 is 5.97 Å². The van der Waals surface area contributed by atoms with Gasteiger partial charge in [-0.25, -0.2) is 9.78 Å². The molecule has 0 radical (unpaired) electrons. The summed E-state index contributed by atoms with van der Waals surface area (Å²) < 4.78 is 6.91. The maximum atomic E-state index is 13.5. The SMILES string of the molecule is Cc1c(Cl)c(Br)cc2c(C(=O)OCC(=O)c3ccc(Br)cc3)cc(-c3ccc(N4C(=O)C5CC(Br)C(Br)CC5C4=O)cc3)nc12. The molecule has 0 spiro atoms. The molecule has 2 amide bonds. The van der Waals surface area contributed by atoms with Gasteiger partial charge in [0, 0.05) is 35.1 Å². The van der Waals surface area contributed by atoms with Gasteiger partial charge in [0.2, 0.25) is 11.8 Å². The Kier molecular flexibility index (Phi) is 9.38. The molecule has 0 bridgehead atoms. The fourth-order valence-corrected chi connectivity index (χ4v) is 8.01. The molecule has 1 saturated heterocycles. The second-order valence-corrected chi connectivity index (χ2v) is 15.5. The Morgan fingerprint density at radius 3 is 2.13 bits per heavy atom. The van der Waals surface area contributed by atoms with E-state index in [0.29, 0.717) is 61.3 Å². The van der Waals surface area contributed by atoms with Gasteiger partial charge in [-0.05, 0) is 77.7 Å². The first kappa shape index (κ1) is 32.5. The van der Waals surface area contributed by atoms with E-state index in [4.69, 9.17) is 21.3 Å². The third-order valence-electron chi connectivity index (χ3n) is 8.28. The van der Waals surface area contributed by atoms with Crippen LogP contribution in [0.4, 0.5) is 5.69 Å². The average molecular weight is 883 g/mol. The number of aryl methyl sites for hydroxylation is 1. The molecule has 1 aliphatic heterocycles. The number of Topliss-reactive ketones (excluding diaryl/α,β-unsaturated/α-hetero) is 1. The van der Waals surface area contributed by atoms with E-state index in [-0.39, 0.29) is 44.7 Å². The number of nitrogens with zero attached hydrogens (tertiary/aromatic N) is 2. The summed E-state index contributed by atoms with van der Waals surface area (Å²) >= 11 is 20.6. The van der Waals surface area contributed by atoms with Crippen molar-refractivity contribution in [3.8, 4) is 11.3 Å². The minimum Gasteiger partial charge on any atom is -0.454 e. The topological polar surface area (TPSA) is 93.6 Å². The van der Waals surface area contributed by atoms with E-state index in [1.54, 1.807) is 67.6 Å². The number of alkyl halides is 2. The van der Waals surface area contributed by atoms with Crippen LogP contribution < -0.4 is 4.90 Å². The molecule has 45 heavy (non-hydrogen) atoms. The van der Waals surface area contributed by atoms with Gasteiger partial charge in [0.05, 0.1) is 39.3 Å². The van der Waals surface area contributed by atoms with Crippen molar-refractivity contribution in [1.29, 1.82) is 0 Å². The summed E-state index contributed by atoms with van der Waals surface area (Å²) in [7, 11) is 0. The Bertz CT molecular complexity index is 1860. The summed E-state index contributed by atoms with van der Waals surface area (Å²) in [5.74, 6) is -2.12. The van der Waals surface area contributed by atoms with Gasteiger partial charge in [-0.15, -0.1) is 0 Å². The first-order valence-electron chi connectivity index (χ1n) is 14.0. The molecule has 12 heteroatoms. The molecule has 2 fully saturated rings. The number of ether oxygens (including phenoxy) is 1. The minimum absolute atomic E-state index is 0.120. The number of rotatable bonds is 6. The normalized spacial score (nSPS) is 21.2. The molecule has 7 nitrogen and oxygen atoms in total. The lowest BCUT2D eigenvalue weighted by atomic mass is 9.81. The van der Waals surface area contributed by atoms with Crippen molar-refractivity contribution in [3.63, 3.8) is 0 Å². The fraction of sp³-hybridized carbons (Fsp3) is 0.242. The number of amides is 2. The van der Waals surface area contributed by atoms with Crippen LogP contribution in [0.25, 0.3) is 22.2 Å². The number of hydrogen-bond donors (Lipinski definition) is 0. The first-order chi connectivity index (χ1) is 21.4. The summed E-state index contributed by atoms with van der Waals surface area (Å²) in [6, 6.07) is 17.0. The largest absolute Gasteiger partial charge is 0.454 e. The number of benzene rings is 3. The Balaban J connectivity index is 1.32. The molecule has 1 aliphatic carbocycles. The molecule has 1 aromatic heterocycles. The predicted octanol–water partition coefficient (Wildman–Crippen LogP) is 8.85. The van der Waals surface area contributed by atoms with E-state index in [0.717, 1.165) is 4.47 Å². The standard InChI is InChI=1S/C33H23Br4ClN2O5/c1-15-29(38)26(37)10-20-23(33(44)45-14-28(41)17-2-6-18(34)7-3-17)13-27(39-30(15)20)16-4-8-19(9-5-16)40-31(42)21-11-24(35)25(36)12-22(21)32(40)43/h2-10,13,21-22,24-25H,11-12,14H2,1H3. The van der Waals surface area contributed by atoms with Crippen molar-refractivity contribution < 1.29 is 23.9 Å². The number of ketones is 1. The lowest BCUT2D eigenvalue weighted by molar-refractivity contribution is -0.122. The number of carbonyl (C=O) groups excluding carboxylic acids is 4. The van der Waals surface area contributed by atoms with Crippen molar-refractivity contribution >= 4 is 115 Å². The molecule has 6 rings (SSSR count). The average Bonchev–Trinajstić information content (AvgIpc) is 3.26. The van der Waals surface area contributed by atoms with Gasteiger partial charge < -0.3 is 4.74 Å². The molecular formula is C33H23Br4ClN2O5. The number of hydrogen-bond acceptors (Lipinski definition) is 6. The molecule has 230 valence electrons. The minimum atomic E-state index is -0.689. The number of fused-ring (bicyclic) bond motifs is 2. The van der Waals surface area contributed by atoms with E-state index in [9.17, 15) is 19.2 Å². The number of imide groups is 1. The zero-order valence-electron chi connectivity index (χ0n) is 23.5. The van der Waals surface area contributed by atoms with Crippen LogP contribution in [0.1, 0.15) is 39.1 Å². The van der Waals surface area contributed by atoms with Gasteiger partial charge in [0.15, 0.2) is 12.4 Å². The van der Waals surface area contributed by atoms with Crippen LogP contribution in [0.2, 0.25) is 5.02 Å². The molecule has 2 aliphatic rings. The van der Waals surface area contributed by atoms with Crippen molar-refractivity contribution in [2.24, 2.45) is 11.8 Å². The molecular weight excluding hydrogens is 859 g/mol. The first-order valence-corrected chi connectivity index (χ1v) is 17.8. The van der Waals surface area contributed by atoms with E-state index >= 15 is 0 Å². The molecule has 3 aromatic carbocycles. The smallest absolute Gasteiger partial charge is 0.339 e. The molecule has 0 N–H and O–H groups in total. The number of esters is 1. The molecule has 1 saturated carbocycles. The van der Waals surface area contributed by atoms with Crippen molar-refractivity contribution in [3.05, 3.63) is 91.3 Å². The maximum Gasteiger partial charge on any atom is 0.339 e. The lowest BCUT2D eigenvalue weighted by Crippen LogP contribution is -2.34. The van der Waals surface area contributed by atoms with Gasteiger partial charge in [0.25, 0.3) is 0 Å². The highest BCUT2D eigenvalue weighted by atomic mass is 79.9. The van der Waals surface area contributed by atoms with Crippen LogP contribution >= 0.6 is 75.3 Å². The van der Waals surface area contributed by atoms with E-state index < -0.39 is 12.6 Å². The fourth-order valence-electron chi connectivity index (χ4n) is 5.84. The summed E-state index contributed by atoms with van der Waals surface area (Å²) in [5, 5.41) is 0.965. The second kappa shape index (κ2) is 13.0. The van der Waals surface area contributed by atoms with Crippen LogP contribution in [-0.4, -0.2) is 44.8 Å². The van der Waals surface area contributed by atoms with Gasteiger partial charge in [-0.2, -0.15) is 0 Å². The van der Waals surface area contributed by atoms with Crippen molar-refractivity contribution in [2.75, 3.05) is 11.5 Å². The van der Waals surface area contributed by atoms with Crippen LogP contribution in [-0.2, 0) is 14.3 Å². The summed E-state index contributed by atoms with van der Waals surface area (Å²) in [6.07, 6.45) is 1.18. The quantitative estimate of drug-likeness (QED) is 0.0832. The van der Waals surface area contributed by atoms with Crippen molar-refractivity contribution in [2.45, 2.75) is 29.4 Å². The van der Waals surface area contributed by atoms with Crippen LogP contribution in [0.15, 0.2) is 69.6 Å². The van der Waals surface area contributed by atoms with Gasteiger partial charge in [0.1, 0.15) is 0 Å². The maximum absolute atomic E-state index is 13.5. The van der Waals surface area contributed by atoms with Crippen LogP contribution in [0.5, 0.6) is 0 Å². The number of anilines is 1. The van der Waals surface area contributed by atoms with E-state index in [1.807, 2.05) is 0 Å². The van der Waals surface area contributed by atoms with E-state index in [2.05, 4.69) is 63.7 Å². The highest BCUT2D eigenvalue weighted by molar-refractivity contribution is 9.12. The zero-order chi connectivity index (χ0) is 32.2. The summed E-state index contributed by atoms with van der Waals surface area (Å²) in [6.45, 7) is 1.37. The zero-order valence-corrected chi connectivity index (χ0v) is 30.6. The highest BCUT2D eigenvalue weighted by Crippen LogP contribution is 2.44. The summed E-state index contributed by atoms with van der Waals surface area (Å²) in [5.41, 5.74) is 3.38. The van der Waals surface area contributed by atoms with Crippen LogP contribution in [0, 0.1) is 18.8 Å². The third-order valence-corrected chi connectivity index (χ3v) is 12.9. The molecule has 4 aromatic rings. The second-order valence-electron chi connectivity index (χ2n) is 11.0. The molecule has 4 atom stereocenters. The number of aromatic nitrogens is 1. The van der Waals surface area contributed by atoms with Gasteiger partial charge in [-0.1, -0.05) is 83.7 Å². The molecule has 2 heterocycles. The highest BCUT2D eigenvalue weighted by Gasteiger charge is 2.52. The number of pyridine rings is 1. The number of halogens is 5. The molecule has 4 unspecified atom stereocenters. The van der Waals surface area contributed by atoms with Crippen LogP contribution in [0.3, 0.4) is 0 Å². The van der Waals surface area contributed by atoms with E-state index in [1.165, 1.54) is 4.90 Å². The Morgan fingerprint density at radius 1 is 0.933 bits per heavy atom. The Labute approximate surface area is 297 Å². The van der Waals surface area contributed by atoms with Crippen molar-refractivity contribution in [1.82, 2.24) is 4.98 Å². The third kappa shape index (κ3) is 6.18. The van der Waals surface area contributed by atoms with Gasteiger partial charge in [-0.3, -0.25) is 19.3 Å². The predicted molar refractivity (Wildman–Crippen MR) is 188 cm³/mol. The number of carbonyl (C=O) groups is 4.